The molecule has 268 valence electrons. The molecule has 18 nitrogen and oxygen atoms in total. The van der Waals surface area contributed by atoms with Crippen molar-refractivity contribution in [3.05, 3.63) is 90.5 Å². The molecule has 0 bridgehead atoms. The van der Waals surface area contributed by atoms with Gasteiger partial charge in [-0.25, -0.2) is 19.5 Å². The van der Waals surface area contributed by atoms with Gasteiger partial charge in [0.25, 0.3) is 21.6 Å². The minimum Gasteiger partial charge on any atom is -0.456 e. The van der Waals surface area contributed by atoms with Crippen LogP contribution in [0.2, 0.25) is 0 Å². The first kappa shape index (κ1) is 36.6. The van der Waals surface area contributed by atoms with Crippen LogP contribution in [0.5, 0.6) is 0 Å². The summed E-state index contributed by atoms with van der Waals surface area (Å²) in [7, 11) is -4.12. The molecular formula is C30H34N6O12S2. The number of carbonyl (C=O) groups excluding carboxylic acids is 3. The average molecular weight is 735 g/mol. The molecule has 0 spiro atoms. The number of nitro benzene ring substituents is 2. The highest BCUT2D eigenvalue weighted by atomic mass is 32.2. The quantitative estimate of drug-likeness (QED) is 0.115. The Morgan fingerprint density at radius 2 is 1.58 bits per heavy atom. The van der Waals surface area contributed by atoms with Crippen LogP contribution < -0.4 is 9.86 Å². The van der Waals surface area contributed by atoms with Crippen molar-refractivity contribution < 1.29 is 47.2 Å². The van der Waals surface area contributed by atoms with Gasteiger partial charge in [-0.1, -0.05) is 6.92 Å². The summed E-state index contributed by atoms with van der Waals surface area (Å²) in [5, 5.41) is 37.0. The maximum atomic E-state index is 13.6. The second-order valence-electron chi connectivity index (χ2n) is 12.1. The topological polar surface area (TPSA) is 255 Å². The molecular weight excluding hydrogens is 700 g/mol. The van der Waals surface area contributed by atoms with Crippen molar-refractivity contribution in [2.24, 2.45) is 17.0 Å². The molecule has 0 radical (unpaired) electrons. The van der Waals surface area contributed by atoms with Crippen LogP contribution in [0.4, 0.5) is 16.2 Å². The van der Waals surface area contributed by atoms with E-state index < -0.39 is 73.3 Å². The molecule has 0 aromatic heterocycles. The van der Waals surface area contributed by atoms with Crippen LogP contribution in [0.25, 0.3) is 0 Å². The summed E-state index contributed by atoms with van der Waals surface area (Å²) >= 11 is 1.23. The molecule has 2 aromatic carbocycles. The molecule has 2 fully saturated rings. The van der Waals surface area contributed by atoms with Gasteiger partial charge in [0.2, 0.25) is 5.91 Å². The number of aliphatic hydroxyl groups is 1. The Morgan fingerprint density at radius 3 is 2.08 bits per heavy atom. The van der Waals surface area contributed by atoms with Crippen LogP contribution in [0, 0.1) is 32.1 Å². The monoisotopic (exact) mass is 734 g/mol. The van der Waals surface area contributed by atoms with E-state index in [1.165, 1.54) is 77.0 Å². The Kier molecular flexibility index (Phi) is 10.8. The van der Waals surface area contributed by atoms with Crippen LogP contribution in [0.1, 0.15) is 31.4 Å². The van der Waals surface area contributed by atoms with Crippen LogP contribution >= 0.6 is 11.8 Å². The van der Waals surface area contributed by atoms with E-state index in [4.69, 9.17) is 14.6 Å². The van der Waals surface area contributed by atoms with Crippen LogP contribution in [0.3, 0.4) is 0 Å². The number of rotatable bonds is 13. The number of aliphatic hydroxyl groups excluding tert-OH is 1. The Hall–Kier alpha value is -4.63. The van der Waals surface area contributed by atoms with E-state index >= 15 is 0 Å². The molecule has 3 aliphatic heterocycles. The van der Waals surface area contributed by atoms with Gasteiger partial charge in [0.15, 0.2) is 0 Å². The molecule has 4 N–H and O–H groups in total. The first-order valence-electron chi connectivity index (χ1n) is 15.3. The van der Waals surface area contributed by atoms with E-state index in [1.54, 1.807) is 0 Å². The second-order valence-corrected chi connectivity index (χ2v) is 14.8. The van der Waals surface area contributed by atoms with E-state index in [0.717, 1.165) is 0 Å². The summed E-state index contributed by atoms with van der Waals surface area (Å²) in [6.45, 7) is 2.67. The number of benzene rings is 2. The lowest BCUT2D eigenvalue weighted by Crippen LogP contribution is -2.63. The third kappa shape index (κ3) is 7.88. The number of hydrogen-bond donors (Lipinski definition) is 3. The molecule has 6 atom stereocenters. The first-order valence-corrected chi connectivity index (χ1v) is 17.7. The molecule has 3 heterocycles. The summed E-state index contributed by atoms with van der Waals surface area (Å²) in [6.07, 6.45) is -1.54. The second kappa shape index (κ2) is 14.7. The van der Waals surface area contributed by atoms with Crippen molar-refractivity contribution >= 4 is 51.3 Å². The minimum absolute atomic E-state index is 0.00489. The molecule has 2 aromatic rings. The summed E-state index contributed by atoms with van der Waals surface area (Å²) in [5.41, 5.74) is 0.682. The van der Waals surface area contributed by atoms with Gasteiger partial charge in [0.05, 0.1) is 27.9 Å². The number of esters is 1. The summed E-state index contributed by atoms with van der Waals surface area (Å²) < 4.78 is 36.6. The van der Waals surface area contributed by atoms with Gasteiger partial charge in [-0.05, 0) is 48.7 Å². The molecule has 5 rings (SSSR count). The number of amides is 2. The van der Waals surface area contributed by atoms with Crippen LogP contribution in [-0.4, -0.2) is 87.7 Å². The van der Waals surface area contributed by atoms with Gasteiger partial charge in [0, 0.05) is 59.5 Å². The minimum atomic E-state index is -4.12. The normalized spacial score (nSPS) is 23.7. The molecule has 6 unspecified atom stereocenters. The predicted octanol–water partition coefficient (Wildman–Crippen LogP) is 1.92. The lowest BCUT2D eigenvalue weighted by molar-refractivity contribution is -0.385. The smallest absolute Gasteiger partial charge is 0.410 e. The number of hydrogen-bond acceptors (Lipinski definition) is 13. The lowest BCUT2D eigenvalue weighted by atomic mass is 9.79. The number of nitro groups is 2. The van der Waals surface area contributed by atoms with E-state index in [-0.39, 0.29) is 49.8 Å². The van der Waals surface area contributed by atoms with Crippen molar-refractivity contribution in [2.75, 3.05) is 13.1 Å². The van der Waals surface area contributed by atoms with Gasteiger partial charge in [-0.3, -0.25) is 25.0 Å². The molecule has 0 saturated carbocycles. The van der Waals surface area contributed by atoms with Gasteiger partial charge in [0.1, 0.15) is 18.9 Å². The number of non-ortho nitro benzene ring substituents is 2. The zero-order chi connectivity index (χ0) is 36.5. The standard InChI is InChI=1S/C30H34N6O12S2/c1-16-25-24(17(2)37)28(38)34(25)26(29(39)47-14-18-3-7-20(8-4-18)35(41)42)27(16)49-23-11-22(12-32-50(31,45)46)33(13-23)30(40)48-15-19-5-9-21(10-6-19)36(43)44/h3-10,16-17,22-25,32,37H,11-15H2,1-2H3,(H2,31,45,46). The third-order valence-electron chi connectivity index (χ3n) is 8.75. The third-order valence-corrected chi connectivity index (χ3v) is 10.8. The lowest BCUT2D eigenvalue weighted by Gasteiger charge is -2.46. The maximum absolute atomic E-state index is 13.6. The number of β-lactam (4-membered cyclic amide) rings is 1. The van der Waals surface area contributed by atoms with Crippen molar-refractivity contribution in [1.82, 2.24) is 14.5 Å². The SMILES string of the molecule is CC(O)C1C(=O)N2C(C(=O)OCc3ccc([N+](=O)[O-])cc3)=C(SC3CC(CNS(N)(=O)=O)N(C(=O)OCc4ccc([N+](=O)[O-])cc4)C3)C(C)C12. The molecule has 0 aliphatic carbocycles. The largest absolute Gasteiger partial charge is 0.456 e. The van der Waals surface area contributed by atoms with Crippen LogP contribution in [0.15, 0.2) is 59.1 Å². The molecule has 50 heavy (non-hydrogen) atoms. The number of carbonyl (C=O) groups is 3. The summed E-state index contributed by atoms with van der Waals surface area (Å²) in [4.78, 5) is 64.0. The number of ether oxygens (including phenoxy) is 2. The molecule has 3 aliphatic rings. The number of nitrogens with one attached hydrogen (secondary N) is 1. The van der Waals surface area contributed by atoms with E-state index in [9.17, 15) is 48.1 Å². The van der Waals surface area contributed by atoms with Crippen LogP contribution in [-0.2, 0) is 42.5 Å². The first-order chi connectivity index (χ1) is 23.6. The van der Waals surface area contributed by atoms with E-state index in [2.05, 4.69) is 4.72 Å². The van der Waals surface area contributed by atoms with Crippen molar-refractivity contribution in [3.63, 3.8) is 0 Å². The molecule has 20 heteroatoms. The van der Waals surface area contributed by atoms with Gasteiger partial charge >= 0.3 is 12.1 Å². The highest BCUT2D eigenvalue weighted by Gasteiger charge is 2.60. The number of fused-ring (bicyclic) bond motifs is 1. The predicted molar refractivity (Wildman–Crippen MR) is 176 cm³/mol. The van der Waals surface area contributed by atoms with E-state index in [0.29, 0.717) is 16.0 Å². The zero-order valence-corrected chi connectivity index (χ0v) is 28.4. The number of thioether (sulfide) groups is 1. The van der Waals surface area contributed by atoms with Gasteiger partial charge < -0.3 is 24.4 Å². The summed E-state index contributed by atoms with van der Waals surface area (Å²) in [6, 6.07) is 9.60. The van der Waals surface area contributed by atoms with Gasteiger partial charge in [-0.15, -0.1) is 11.8 Å². The average Bonchev–Trinajstić information content (AvgIpc) is 3.57. The Labute approximate surface area is 290 Å². The van der Waals surface area contributed by atoms with Crippen molar-refractivity contribution in [1.29, 1.82) is 0 Å². The Morgan fingerprint density at radius 1 is 1.04 bits per heavy atom. The van der Waals surface area contributed by atoms with Gasteiger partial charge in [-0.2, -0.15) is 8.42 Å². The van der Waals surface area contributed by atoms with Crippen molar-refractivity contribution in [3.8, 4) is 0 Å². The number of likely N-dealkylation sites (tertiary alicyclic amines) is 1. The zero-order valence-electron chi connectivity index (χ0n) is 26.7. The summed E-state index contributed by atoms with van der Waals surface area (Å²) in [5.74, 6) is -2.44. The highest BCUT2D eigenvalue weighted by molar-refractivity contribution is 8.03. The molecule has 2 amide bonds. The van der Waals surface area contributed by atoms with Crippen molar-refractivity contribution in [2.45, 2.75) is 56.9 Å². The fourth-order valence-electron chi connectivity index (χ4n) is 6.31. The van der Waals surface area contributed by atoms with E-state index in [1.807, 2.05) is 6.92 Å². The highest BCUT2D eigenvalue weighted by Crippen LogP contribution is 2.52. The fourth-order valence-corrected chi connectivity index (χ4v) is 8.30. The Bertz CT molecular complexity index is 1820. The molecule has 2 saturated heterocycles. The number of nitrogens with two attached hydrogens (primary N) is 1. The Balaban J connectivity index is 1.35. The maximum Gasteiger partial charge on any atom is 0.410 e. The number of nitrogens with zero attached hydrogens (tertiary/aromatic N) is 4. The fraction of sp³-hybridized carbons (Fsp3) is 0.433.